The van der Waals surface area contributed by atoms with Crippen LogP contribution in [0.25, 0.3) is 22.5 Å². The van der Waals surface area contributed by atoms with Gasteiger partial charge in [-0.25, -0.2) is 4.98 Å². The zero-order valence-corrected chi connectivity index (χ0v) is 23.1. The number of hydrogen-bond acceptors (Lipinski definition) is 8. The van der Waals surface area contributed by atoms with E-state index in [1.807, 2.05) is 55.5 Å². The van der Waals surface area contributed by atoms with Crippen LogP contribution in [0.4, 0.5) is 0 Å². The first-order valence-corrected chi connectivity index (χ1v) is 10.9. The van der Waals surface area contributed by atoms with Crippen LogP contribution in [0.15, 0.2) is 48.5 Å². The van der Waals surface area contributed by atoms with Gasteiger partial charge in [0.25, 0.3) is 5.09 Å². The molecule has 13 heteroatoms. The molecule has 1 N–H and O–H groups in total. The SMILES string of the molecule is CCCC(O[N+](=O)[O-])c1nc(Cl)c(CO)n1Cc1ccc(-c2ccccc2-c2nnn[n-]2)cc1.[K+]. The molecule has 0 amide bonds. The Balaban J connectivity index is 0.00000342. The number of benzene rings is 2. The van der Waals surface area contributed by atoms with Crippen molar-refractivity contribution >= 4 is 11.6 Å². The topological polar surface area (TPSA) is 143 Å². The summed E-state index contributed by atoms with van der Waals surface area (Å²) in [4.78, 5) is 20.2. The summed E-state index contributed by atoms with van der Waals surface area (Å²) in [7, 11) is 0. The summed E-state index contributed by atoms with van der Waals surface area (Å²) in [6.45, 7) is 1.83. The van der Waals surface area contributed by atoms with Crippen molar-refractivity contribution in [2.75, 3.05) is 0 Å². The number of aromatic nitrogens is 6. The monoisotopic (exact) mass is 521 g/mol. The second kappa shape index (κ2) is 12.7. The summed E-state index contributed by atoms with van der Waals surface area (Å²) in [6, 6.07) is 15.4. The Morgan fingerprint density at radius 3 is 2.51 bits per heavy atom. The predicted octanol–water partition coefficient (Wildman–Crippen LogP) is 0.607. The van der Waals surface area contributed by atoms with Gasteiger partial charge in [0, 0.05) is 12.4 Å². The van der Waals surface area contributed by atoms with Crippen LogP contribution in [-0.2, 0) is 18.0 Å². The van der Waals surface area contributed by atoms with Gasteiger partial charge in [0.05, 0.1) is 12.3 Å². The predicted molar refractivity (Wildman–Crippen MR) is 122 cm³/mol. The Kier molecular flexibility index (Phi) is 9.92. The zero-order chi connectivity index (χ0) is 24.1. The molecule has 176 valence electrons. The fraction of sp³-hybridized carbons (Fsp3) is 0.273. The maximum Gasteiger partial charge on any atom is 1.00 e. The molecular weight excluding hydrogens is 501 g/mol. The van der Waals surface area contributed by atoms with Gasteiger partial charge in [-0.2, -0.15) is 5.21 Å². The summed E-state index contributed by atoms with van der Waals surface area (Å²) in [5.41, 5.74) is 3.93. The summed E-state index contributed by atoms with van der Waals surface area (Å²) < 4.78 is 1.67. The molecule has 1 unspecified atom stereocenters. The molecular formula is C22H21ClKN7O4. The van der Waals surface area contributed by atoms with E-state index in [0.717, 1.165) is 22.3 Å². The normalized spacial score (nSPS) is 11.6. The van der Waals surface area contributed by atoms with Gasteiger partial charge in [0.2, 0.25) is 0 Å². The average Bonchev–Trinajstić information content (AvgIpc) is 3.47. The minimum absolute atomic E-state index is 0. The van der Waals surface area contributed by atoms with E-state index in [2.05, 4.69) is 25.6 Å². The molecule has 4 aromatic rings. The summed E-state index contributed by atoms with van der Waals surface area (Å²) >= 11 is 6.23. The van der Waals surface area contributed by atoms with Gasteiger partial charge >= 0.3 is 51.4 Å². The average molecular weight is 522 g/mol. The Hall–Kier alpha value is -2.19. The number of aliphatic hydroxyl groups is 1. The molecule has 0 saturated heterocycles. The van der Waals surface area contributed by atoms with Gasteiger partial charge in [0.15, 0.2) is 11.3 Å². The molecule has 0 bridgehead atoms. The van der Waals surface area contributed by atoms with Gasteiger partial charge in [-0.15, -0.1) is 10.1 Å². The number of imidazole rings is 1. The number of rotatable bonds is 10. The first kappa shape index (κ1) is 27.4. The maximum atomic E-state index is 11.0. The van der Waals surface area contributed by atoms with E-state index in [4.69, 9.17) is 16.4 Å². The molecule has 4 rings (SSSR count). The molecule has 35 heavy (non-hydrogen) atoms. The molecule has 11 nitrogen and oxygen atoms in total. The van der Waals surface area contributed by atoms with Crippen molar-refractivity contribution in [3.63, 3.8) is 0 Å². The second-order valence-corrected chi connectivity index (χ2v) is 7.86. The summed E-state index contributed by atoms with van der Waals surface area (Å²) in [6.07, 6.45) is 0.127. The molecule has 0 radical (unpaired) electrons. The fourth-order valence-electron chi connectivity index (χ4n) is 3.80. The molecule has 0 saturated carbocycles. The van der Waals surface area contributed by atoms with E-state index >= 15 is 0 Å². The van der Waals surface area contributed by atoms with Gasteiger partial charge in [-0.3, -0.25) is 10.3 Å². The second-order valence-electron chi connectivity index (χ2n) is 7.50. The van der Waals surface area contributed by atoms with Crippen LogP contribution in [0.1, 0.15) is 43.0 Å². The van der Waals surface area contributed by atoms with E-state index in [1.54, 1.807) is 4.57 Å². The Morgan fingerprint density at radius 2 is 1.91 bits per heavy atom. The van der Waals surface area contributed by atoms with Gasteiger partial charge in [-0.1, -0.05) is 73.5 Å². The molecule has 1 atom stereocenters. The third-order valence-electron chi connectivity index (χ3n) is 5.35. The number of hydrogen-bond donors (Lipinski definition) is 1. The van der Waals surface area contributed by atoms with Crippen LogP contribution in [0.2, 0.25) is 5.15 Å². The van der Waals surface area contributed by atoms with Gasteiger partial charge < -0.3 is 19.6 Å². The summed E-state index contributed by atoms with van der Waals surface area (Å²) in [5, 5.41) is 35.2. The Morgan fingerprint density at radius 1 is 1.20 bits per heavy atom. The van der Waals surface area contributed by atoms with Crippen LogP contribution < -0.4 is 56.5 Å². The van der Waals surface area contributed by atoms with Crippen LogP contribution >= 0.6 is 11.6 Å². The Labute approximate surface area is 248 Å². The minimum atomic E-state index is -0.893. The van der Waals surface area contributed by atoms with E-state index in [-0.39, 0.29) is 63.1 Å². The first-order valence-electron chi connectivity index (χ1n) is 10.6. The number of aliphatic hydroxyl groups excluding tert-OH is 1. The van der Waals surface area contributed by atoms with Gasteiger partial charge in [-0.05, 0) is 28.7 Å². The largest absolute Gasteiger partial charge is 1.00 e. The third-order valence-corrected chi connectivity index (χ3v) is 5.65. The van der Waals surface area contributed by atoms with Crippen molar-refractivity contribution in [1.29, 1.82) is 0 Å². The van der Waals surface area contributed by atoms with Crippen molar-refractivity contribution in [3.8, 4) is 22.5 Å². The van der Waals surface area contributed by atoms with E-state index < -0.39 is 11.2 Å². The molecule has 0 fully saturated rings. The Bertz CT molecular complexity index is 1270. The molecule has 0 aliphatic rings. The van der Waals surface area contributed by atoms with Crippen molar-refractivity contribution in [2.45, 2.75) is 39.0 Å². The van der Waals surface area contributed by atoms with E-state index in [1.165, 1.54) is 0 Å². The zero-order valence-electron chi connectivity index (χ0n) is 19.2. The fourth-order valence-corrected chi connectivity index (χ4v) is 4.05. The van der Waals surface area contributed by atoms with E-state index in [9.17, 15) is 15.2 Å². The van der Waals surface area contributed by atoms with Gasteiger partial charge in [0.1, 0.15) is 5.82 Å². The standard InChI is InChI=1S/C22H21ClN7O4.K/c1-2-5-19(34-30(32)33)22-24-20(23)18(13-31)29(22)12-14-8-10-15(11-9-14)16-6-3-4-7-17(16)21-25-27-28-26-21;/h3-4,6-11,19,31H,2,5,12-13H2,1H3;/q-1;+1. The maximum absolute atomic E-state index is 11.0. The van der Waals surface area contributed by atoms with Crippen LogP contribution in [0, 0.1) is 10.1 Å². The minimum Gasteiger partial charge on any atom is -0.390 e. The quantitative estimate of drug-likeness (QED) is 0.180. The van der Waals surface area contributed by atoms with Crippen molar-refractivity contribution < 1.29 is 66.4 Å². The van der Waals surface area contributed by atoms with Crippen LogP contribution in [0.3, 0.4) is 0 Å². The van der Waals surface area contributed by atoms with Crippen LogP contribution in [0.5, 0.6) is 0 Å². The third kappa shape index (κ3) is 6.33. The van der Waals surface area contributed by atoms with Crippen molar-refractivity contribution in [3.05, 3.63) is 80.9 Å². The molecule has 0 aliphatic carbocycles. The summed E-state index contributed by atoms with van der Waals surface area (Å²) in [5.74, 6) is 0.744. The van der Waals surface area contributed by atoms with Crippen LogP contribution in [-0.4, -0.2) is 35.3 Å². The van der Waals surface area contributed by atoms with Crippen molar-refractivity contribution in [1.82, 2.24) is 30.2 Å². The van der Waals surface area contributed by atoms with E-state index in [0.29, 0.717) is 36.7 Å². The smallest absolute Gasteiger partial charge is 0.390 e. The number of tetrazole rings is 1. The molecule has 2 aromatic heterocycles. The molecule has 0 aliphatic heterocycles. The number of halogens is 1. The molecule has 2 aromatic carbocycles. The molecule has 0 spiro atoms. The van der Waals surface area contributed by atoms with Crippen molar-refractivity contribution in [2.24, 2.45) is 0 Å². The number of nitrogens with zero attached hydrogens (tertiary/aromatic N) is 7. The molecule has 2 heterocycles. The first-order chi connectivity index (χ1) is 16.5.